The molecule has 1 spiro atoms. The van der Waals surface area contributed by atoms with Crippen LogP contribution in [0.3, 0.4) is 0 Å². The summed E-state index contributed by atoms with van der Waals surface area (Å²) in [5.74, 6) is -2.07. The smallest absolute Gasteiger partial charge is 0.358 e. The highest BCUT2D eigenvalue weighted by Gasteiger charge is 2.73. The molecule has 7 heteroatoms. The average Bonchev–Trinajstić information content (AvgIpc) is 2.59. The van der Waals surface area contributed by atoms with Crippen LogP contribution >= 0.6 is 0 Å². The SMILES string of the molecule is O=S1OC(O)(C(F)(F)F)CC12C1CC3CC(C1)CC2C3. The van der Waals surface area contributed by atoms with Gasteiger partial charge < -0.3 is 5.11 Å². The molecule has 1 aliphatic heterocycles. The van der Waals surface area contributed by atoms with E-state index in [1.54, 1.807) is 0 Å². The van der Waals surface area contributed by atoms with Gasteiger partial charge in [-0.1, -0.05) is 0 Å². The van der Waals surface area contributed by atoms with E-state index in [1.165, 1.54) is 6.42 Å². The van der Waals surface area contributed by atoms with Crippen molar-refractivity contribution in [2.45, 2.75) is 55.2 Å². The van der Waals surface area contributed by atoms with E-state index in [0.29, 0.717) is 11.8 Å². The molecule has 0 radical (unpaired) electrons. The normalized spacial score (nSPS) is 57.7. The second kappa shape index (κ2) is 3.79. The molecule has 5 fully saturated rings. The number of halogens is 3. The van der Waals surface area contributed by atoms with Crippen molar-refractivity contribution in [2.24, 2.45) is 23.7 Å². The van der Waals surface area contributed by atoms with E-state index in [0.717, 1.165) is 25.7 Å². The molecule has 0 aromatic carbocycles. The summed E-state index contributed by atoms with van der Waals surface area (Å²) < 4.78 is 55.0. The highest BCUT2D eigenvalue weighted by atomic mass is 32.2. The fourth-order valence-electron chi connectivity index (χ4n) is 5.36. The van der Waals surface area contributed by atoms with Crippen LogP contribution in [0.1, 0.15) is 38.5 Å². The Kier molecular flexibility index (Phi) is 2.56. The highest BCUT2D eigenvalue weighted by Crippen LogP contribution is 2.65. The van der Waals surface area contributed by atoms with E-state index in [2.05, 4.69) is 4.18 Å². The molecular weight excluding hydrogens is 293 g/mol. The van der Waals surface area contributed by atoms with Crippen LogP contribution in [0.25, 0.3) is 0 Å². The Bertz CT molecular complexity index is 450. The molecule has 5 rings (SSSR count). The van der Waals surface area contributed by atoms with Gasteiger partial charge in [-0.25, -0.2) is 8.39 Å². The number of hydrogen-bond acceptors (Lipinski definition) is 3. The summed E-state index contributed by atoms with van der Waals surface area (Å²) in [6.07, 6.45) is -0.899. The number of aliphatic hydroxyl groups is 1. The molecule has 1 heterocycles. The molecule has 2 atom stereocenters. The standard InChI is InChI=1S/C13H17F3O3S/c14-13(15,16)12(17)6-11(20(18)19-12)9-2-7-1-8(4-9)5-10(11)3-7/h7-10,17H,1-6H2. The zero-order chi connectivity index (χ0) is 14.3. The fourth-order valence-corrected chi connectivity index (χ4v) is 7.16. The van der Waals surface area contributed by atoms with Gasteiger partial charge in [-0.05, 0) is 55.8 Å². The molecule has 0 amide bonds. The third-order valence-corrected chi connectivity index (χ3v) is 7.86. The summed E-state index contributed by atoms with van der Waals surface area (Å²) in [5.41, 5.74) is 0. The zero-order valence-corrected chi connectivity index (χ0v) is 11.7. The van der Waals surface area contributed by atoms with Crippen LogP contribution in [0.2, 0.25) is 0 Å². The molecule has 4 bridgehead atoms. The minimum absolute atomic E-state index is 0.0101. The molecule has 5 aliphatic rings. The first-order valence-electron chi connectivity index (χ1n) is 7.15. The molecule has 3 nitrogen and oxygen atoms in total. The summed E-state index contributed by atoms with van der Waals surface area (Å²) in [6.45, 7) is 0. The Hall–Kier alpha value is -0.140. The van der Waals surface area contributed by atoms with Crippen molar-refractivity contribution in [3.63, 3.8) is 0 Å². The van der Waals surface area contributed by atoms with Crippen LogP contribution in [-0.4, -0.2) is 26.0 Å². The third kappa shape index (κ3) is 1.52. The molecule has 4 aliphatic carbocycles. The first-order chi connectivity index (χ1) is 9.24. The Balaban J connectivity index is 1.73. The zero-order valence-electron chi connectivity index (χ0n) is 10.9. The lowest BCUT2D eigenvalue weighted by molar-refractivity contribution is -0.331. The summed E-state index contributed by atoms with van der Waals surface area (Å²) in [4.78, 5) is 0. The van der Waals surface area contributed by atoms with Gasteiger partial charge in [0.2, 0.25) is 0 Å². The summed E-state index contributed by atoms with van der Waals surface area (Å²) in [7, 11) is 0. The molecule has 1 saturated heterocycles. The number of alkyl halides is 3. The van der Waals surface area contributed by atoms with Gasteiger partial charge in [-0.15, -0.1) is 0 Å². The third-order valence-electron chi connectivity index (χ3n) is 6.00. The first kappa shape index (κ1) is 13.5. The predicted molar refractivity (Wildman–Crippen MR) is 64.6 cm³/mol. The monoisotopic (exact) mass is 310 g/mol. The molecular formula is C13H17F3O3S. The molecule has 1 N–H and O–H groups in total. The van der Waals surface area contributed by atoms with Gasteiger partial charge in [0.15, 0.2) is 11.1 Å². The van der Waals surface area contributed by atoms with E-state index in [9.17, 15) is 22.5 Å². The van der Waals surface area contributed by atoms with Crippen molar-refractivity contribution in [3.05, 3.63) is 0 Å². The second-order valence-electron chi connectivity index (χ2n) is 7.04. The van der Waals surface area contributed by atoms with Crippen LogP contribution in [0, 0.1) is 23.7 Å². The fraction of sp³-hybridized carbons (Fsp3) is 1.00. The van der Waals surface area contributed by atoms with Crippen molar-refractivity contribution in [1.82, 2.24) is 0 Å². The van der Waals surface area contributed by atoms with Crippen LogP contribution in [0.15, 0.2) is 0 Å². The predicted octanol–water partition coefficient (Wildman–Crippen LogP) is 2.52. The molecule has 4 saturated carbocycles. The minimum atomic E-state index is -4.89. The van der Waals surface area contributed by atoms with Crippen molar-refractivity contribution >= 4 is 11.1 Å². The topological polar surface area (TPSA) is 46.5 Å². The Morgan fingerprint density at radius 3 is 1.95 bits per heavy atom. The maximum absolute atomic E-state index is 13.0. The molecule has 2 unspecified atom stereocenters. The lowest BCUT2D eigenvalue weighted by Crippen LogP contribution is -2.59. The average molecular weight is 310 g/mol. The van der Waals surface area contributed by atoms with Crippen LogP contribution in [0.4, 0.5) is 13.2 Å². The van der Waals surface area contributed by atoms with Gasteiger partial charge in [0.1, 0.15) is 0 Å². The molecule has 114 valence electrons. The van der Waals surface area contributed by atoms with Crippen molar-refractivity contribution < 1.29 is 26.7 Å². The van der Waals surface area contributed by atoms with Crippen LogP contribution < -0.4 is 0 Å². The summed E-state index contributed by atoms with van der Waals surface area (Å²) in [5, 5.41) is 9.81. The van der Waals surface area contributed by atoms with Gasteiger partial charge in [0.25, 0.3) is 5.79 Å². The van der Waals surface area contributed by atoms with E-state index >= 15 is 0 Å². The lowest BCUT2D eigenvalue weighted by Gasteiger charge is -2.58. The van der Waals surface area contributed by atoms with Crippen LogP contribution in [-0.2, 0) is 15.3 Å². The molecule has 0 aromatic rings. The van der Waals surface area contributed by atoms with Gasteiger partial charge in [0.05, 0.1) is 4.75 Å². The number of hydrogen-bond donors (Lipinski definition) is 1. The molecule has 0 aromatic heterocycles. The molecule has 20 heavy (non-hydrogen) atoms. The van der Waals surface area contributed by atoms with E-state index in [-0.39, 0.29) is 11.8 Å². The van der Waals surface area contributed by atoms with Crippen molar-refractivity contribution in [3.8, 4) is 0 Å². The van der Waals surface area contributed by atoms with Crippen molar-refractivity contribution in [2.75, 3.05) is 0 Å². The van der Waals surface area contributed by atoms with Gasteiger partial charge in [-0.3, -0.25) is 0 Å². The summed E-state index contributed by atoms with van der Waals surface area (Å²) in [6, 6.07) is 0. The Morgan fingerprint density at radius 2 is 1.55 bits per heavy atom. The van der Waals surface area contributed by atoms with Crippen LogP contribution in [0.5, 0.6) is 0 Å². The lowest BCUT2D eigenvalue weighted by atomic mass is 9.50. The second-order valence-corrected chi connectivity index (χ2v) is 8.43. The Morgan fingerprint density at radius 1 is 1.05 bits per heavy atom. The largest absolute Gasteiger partial charge is 0.444 e. The maximum atomic E-state index is 13.0. The minimum Gasteiger partial charge on any atom is -0.358 e. The van der Waals surface area contributed by atoms with E-state index in [4.69, 9.17) is 0 Å². The van der Waals surface area contributed by atoms with Gasteiger partial charge in [0, 0.05) is 6.42 Å². The van der Waals surface area contributed by atoms with Gasteiger partial charge in [-0.2, -0.15) is 13.2 Å². The van der Waals surface area contributed by atoms with E-state index < -0.39 is 34.2 Å². The van der Waals surface area contributed by atoms with Gasteiger partial charge >= 0.3 is 6.18 Å². The van der Waals surface area contributed by atoms with Crippen molar-refractivity contribution in [1.29, 1.82) is 0 Å². The first-order valence-corrected chi connectivity index (χ1v) is 8.22. The highest BCUT2D eigenvalue weighted by molar-refractivity contribution is 7.82. The summed E-state index contributed by atoms with van der Waals surface area (Å²) >= 11 is -2.06. The Labute approximate surface area is 117 Å². The van der Waals surface area contributed by atoms with E-state index in [1.807, 2.05) is 0 Å². The quantitative estimate of drug-likeness (QED) is 0.748. The number of rotatable bonds is 0. The maximum Gasteiger partial charge on any atom is 0.444 e.